The highest BCUT2D eigenvalue weighted by Gasteiger charge is 2.36. The zero-order chi connectivity index (χ0) is 23.6. The highest BCUT2D eigenvalue weighted by Crippen LogP contribution is 2.46. The van der Waals surface area contributed by atoms with E-state index in [0.717, 1.165) is 47.7 Å². The van der Waals surface area contributed by atoms with Crippen LogP contribution in [0, 0.1) is 17.8 Å². The van der Waals surface area contributed by atoms with Crippen LogP contribution in [0.5, 0.6) is 5.75 Å². The standard InChI is InChI=1S/C29H35NO3/c1-19(2)33-26-16-23(12-7-20-5-8-21(9-6-20)17-27(31)32)15-24-28(26)25(13-14-29(24,3)4)30-18-22-10-11-22/h5-6,8-9,15-16,19,22,25,30H,10-11,13-14,17-18H2,1-4H3,(H,31,32). The summed E-state index contributed by atoms with van der Waals surface area (Å²) >= 11 is 0. The van der Waals surface area contributed by atoms with Crippen molar-refractivity contribution in [3.8, 4) is 17.6 Å². The molecule has 4 nitrogen and oxygen atoms in total. The Morgan fingerprint density at radius 2 is 1.82 bits per heavy atom. The minimum atomic E-state index is -0.826. The molecule has 2 aromatic rings. The van der Waals surface area contributed by atoms with E-state index in [-0.39, 0.29) is 17.9 Å². The Morgan fingerprint density at radius 3 is 2.45 bits per heavy atom. The van der Waals surface area contributed by atoms with E-state index in [1.165, 1.54) is 24.0 Å². The average Bonchev–Trinajstić information content (AvgIpc) is 3.57. The van der Waals surface area contributed by atoms with E-state index in [4.69, 9.17) is 9.84 Å². The molecule has 0 saturated heterocycles. The van der Waals surface area contributed by atoms with Gasteiger partial charge in [0.25, 0.3) is 0 Å². The van der Waals surface area contributed by atoms with Crippen molar-refractivity contribution in [3.05, 3.63) is 64.2 Å². The second-order valence-corrected chi connectivity index (χ2v) is 10.4. The molecule has 0 amide bonds. The summed E-state index contributed by atoms with van der Waals surface area (Å²) in [5.41, 5.74) is 5.32. The molecule has 4 rings (SSSR count). The average molecular weight is 446 g/mol. The van der Waals surface area contributed by atoms with Gasteiger partial charge in [-0.1, -0.05) is 37.8 Å². The smallest absolute Gasteiger partial charge is 0.307 e. The van der Waals surface area contributed by atoms with Crippen LogP contribution in [0.2, 0.25) is 0 Å². The lowest BCUT2D eigenvalue weighted by molar-refractivity contribution is -0.136. The van der Waals surface area contributed by atoms with E-state index in [9.17, 15) is 4.79 Å². The molecule has 2 aromatic carbocycles. The van der Waals surface area contributed by atoms with Crippen molar-refractivity contribution in [1.29, 1.82) is 0 Å². The number of rotatable bonds is 7. The molecule has 0 aromatic heterocycles. The number of benzene rings is 2. The molecule has 174 valence electrons. The number of ether oxygens (including phenoxy) is 1. The molecule has 0 spiro atoms. The van der Waals surface area contributed by atoms with E-state index < -0.39 is 5.97 Å². The maximum Gasteiger partial charge on any atom is 0.307 e. The highest BCUT2D eigenvalue weighted by molar-refractivity contribution is 5.70. The van der Waals surface area contributed by atoms with Crippen LogP contribution in [0.4, 0.5) is 0 Å². The number of carbonyl (C=O) groups is 1. The lowest BCUT2D eigenvalue weighted by Crippen LogP contribution is -2.34. The first-order chi connectivity index (χ1) is 15.7. The first kappa shape index (κ1) is 23.4. The van der Waals surface area contributed by atoms with Crippen LogP contribution in [0.15, 0.2) is 36.4 Å². The fraction of sp³-hybridized carbons (Fsp3) is 0.483. The first-order valence-corrected chi connectivity index (χ1v) is 12.1. The Labute approximate surface area is 197 Å². The van der Waals surface area contributed by atoms with Gasteiger partial charge in [0, 0.05) is 22.7 Å². The quantitative estimate of drug-likeness (QED) is 0.544. The van der Waals surface area contributed by atoms with Gasteiger partial charge >= 0.3 is 5.97 Å². The van der Waals surface area contributed by atoms with Crippen LogP contribution in [-0.4, -0.2) is 23.7 Å². The Morgan fingerprint density at radius 1 is 1.12 bits per heavy atom. The molecule has 33 heavy (non-hydrogen) atoms. The predicted octanol–water partition coefficient (Wildman–Crippen LogP) is 5.61. The van der Waals surface area contributed by atoms with Gasteiger partial charge in [-0.05, 0) is 92.8 Å². The van der Waals surface area contributed by atoms with Crippen LogP contribution in [0.1, 0.15) is 87.2 Å². The molecule has 1 fully saturated rings. The van der Waals surface area contributed by atoms with E-state index >= 15 is 0 Å². The molecule has 0 radical (unpaired) electrons. The van der Waals surface area contributed by atoms with Crippen molar-refractivity contribution in [3.63, 3.8) is 0 Å². The van der Waals surface area contributed by atoms with Crippen LogP contribution >= 0.6 is 0 Å². The molecule has 4 heteroatoms. The SMILES string of the molecule is CC(C)Oc1cc(C#Cc2ccc(CC(=O)O)cc2)cc2c1C(NCC1CC1)CCC2(C)C. The minimum Gasteiger partial charge on any atom is -0.491 e. The van der Waals surface area contributed by atoms with Gasteiger partial charge in [0.15, 0.2) is 0 Å². The summed E-state index contributed by atoms with van der Waals surface area (Å²) in [7, 11) is 0. The Bertz CT molecular complexity index is 1070. The van der Waals surface area contributed by atoms with Gasteiger partial charge in [0.05, 0.1) is 12.5 Å². The van der Waals surface area contributed by atoms with Gasteiger partial charge < -0.3 is 15.2 Å². The second kappa shape index (κ2) is 9.61. The third-order valence-corrected chi connectivity index (χ3v) is 6.65. The maximum atomic E-state index is 10.9. The summed E-state index contributed by atoms with van der Waals surface area (Å²) in [6, 6.07) is 12.1. The van der Waals surface area contributed by atoms with Crippen molar-refractivity contribution in [1.82, 2.24) is 5.32 Å². The highest BCUT2D eigenvalue weighted by atomic mass is 16.5. The van der Waals surface area contributed by atoms with E-state index in [1.807, 2.05) is 24.3 Å². The molecule has 2 aliphatic carbocycles. The van der Waals surface area contributed by atoms with Crippen molar-refractivity contribution < 1.29 is 14.6 Å². The summed E-state index contributed by atoms with van der Waals surface area (Å²) in [6.45, 7) is 9.88. The lowest BCUT2D eigenvalue weighted by Gasteiger charge is -2.39. The minimum absolute atomic E-state index is 0.0272. The zero-order valence-electron chi connectivity index (χ0n) is 20.2. The number of hydrogen-bond donors (Lipinski definition) is 2. The van der Waals surface area contributed by atoms with Gasteiger partial charge in [-0.15, -0.1) is 0 Å². The molecule has 0 heterocycles. The number of carboxylic acids is 1. The molecule has 1 unspecified atom stereocenters. The molecule has 0 aliphatic heterocycles. The van der Waals surface area contributed by atoms with E-state index in [0.29, 0.717) is 6.04 Å². The molecular formula is C29H35NO3. The van der Waals surface area contributed by atoms with Gasteiger partial charge in [0.1, 0.15) is 5.75 Å². The zero-order valence-corrected chi connectivity index (χ0v) is 20.2. The van der Waals surface area contributed by atoms with Crippen LogP contribution in [-0.2, 0) is 16.6 Å². The number of nitrogens with one attached hydrogen (secondary N) is 1. The fourth-order valence-corrected chi connectivity index (χ4v) is 4.61. The van der Waals surface area contributed by atoms with Crippen molar-refractivity contribution >= 4 is 5.97 Å². The van der Waals surface area contributed by atoms with Gasteiger partial charge in [-0.3, -0.25) is 4.79 Å². The number of hydrogen-bond acceptors (Lipinski definition) is 3. The first-order valence-electron chi connectivity index (χ1n) is 12.1. The van der Waals surface area contributed by atoms with E-state index in [2.05, 4.69) is 57.0 Å². The molecule has 1 atom stereocenters. The lowest BCUT2D eigenvalue weighted by atomic mass is 9.70. The molecule has 0 bridgehead atoms. The molecular weight excluding hydrogens is 410 g/mol. The Kier molecular flexibility index (Phi) is 6.81. The monoisotopic (exact) mass is 445 g/mol. The summed E-state index contributed by atoms with van der Waals surface area (Å²) in [6.07, 6.45) is 5.06. The molecule has 2 N–H and O–H groups in total. The van der Waals surface area contributed by atoms with Crippen LogP contribution in [0.3, 0.4) is 0 Å². The van der Waals surface area contributed by atoms with Crippen molar-refractivity contribution in [2.45, 2.75) is 77.4 Å². The second-order valence-electron chi connectivity index (χ2n) is 10.4. The van der Waals surface area contributed by atoms with Crippen molar-refractivity contribution in [2.75, 3.05) is 6.54 Å². The third-order valence-electron chi connectivity index (χ3n) is 6.65. The number of carboxylic acid groups (broad SMARTS) is 1. The molecule has 2 aliphatic rings. The fourth-order valence-electron chi connectivity index (χ4n) is 4.61. The largest absolute Gasteiger partial charge is 0.491 e. The van der Waals surface area contributed by atoms with E-state index in [1.54, 1.807) is 0 Å². The Balaban J connectivity index is 1.67. The van der Waals surface area contributed by atoms with Gasteiger partial charge in [0.2, 0.25) is 0 Å². The topological polar surface area (TPSA) is 58.6 Å². The van der Waals surface area contributed by atoms with Crippen molar-refractivity contribution in [2.24, 2.45) is 5.92 Å². The summed E-state index contributed by atoms with van der Waals surface area (Å²) < 4.78 is 6.34. The van der Waals surface area contributed by atoms with Crippen LogP contribution < -0.4 is 10.1 Å². The number of aliphatic carboxylic acids is 1. The molecule has 1 saturated carbocycles. The summed E-state index contributed by atoms with van der Waals surface area (Å²) in [4.78, 5) is 10.9. The summed E-state index contributed by atoms with van der Waals surface area (Å²) in [5, 5.41) is 12.8. The summed E-state index contributed by atoms with van der Waals surface area (Å²) in [5.74, 6) is 7.54. The third kappa shape index (κ3) is 5.97. The predicted molar refractivity (Wildman–Crippen MR) is 132 cm³/mol. The van der Waals surface area contributed by atoms with Gasteiger partial charge in [-0.25, -0.2) is 0 Å². The number of fused-ring (bicyclic) bond motifs is 1. The maximum absolute atomic E-state index is 10.9. The Hall–Kier alpha value is -2.77. The normalized spacial score (nSPS) is 18.9. The van der Waals surface area contributed by atoms with Crippen LogP contribution in [0.25, 0.3) is 0 Å². The van der Waals surface area contributed by atoms with Gasteiger partial charge in [-0.2, -0.15) is 0 Å².